The Hall–Kier alpha value is -3.77. The lowest BCUT2D eigenvalue weighted by atomic mass is 10.0. The molecule has 1 amide bonds. The van der Waals surface area contributed by atoms with Gasteiger partial charge >= 0.3 is 5.97 Å². The van der Waals surface area contributed by atoms with Gasteiger partial charge in [-0.25, -0.2) is 18.9 Å². The van der Waals surface area contributed by atoms with E-state index in [0.717, 1.165) is 0 Å². The molecule has 30 heavy (non-hydrogen) atoms. The number of ether oxygens (including phenoxy) is 1. The zero-order valence-electron chi connectivity index (χ0n) is 16.2. The van der Waals surface area contributed by atoms with Gasteiger partial charge in [-0.3, -0.25) is 4.79 Å². The van der Waals surface area contributed by atoms with E-state index in [2.05, 4.69) is 21.9 Å². The summed E-state index contributed by atoms with van der Waals surface area (Å²) < 4.78 is 20.4. The highest BCUT2D eigenvalue weighted by atomic mass is 19.1. The highest BCUT2D eigenvalue weighted by Gasteiger charge is 2.42. The number of fused-ring (bicyclic) bond motifs is 1. The van der Waals surface area contributed by atoms with Crippen molar-refractivity contribution in [2.24, 2.45) is 0 Å². The van der Waals surface area contributed by atoms with Crippen molar-refractivity contribution in [3.05, 3.63) is 53.6 Å². The first-order chi connectivity index (χ1) is 14.3. The van der Waals surface area contributed by atoms with E-state index in [0.29, 0.717) is 17.6 Å². The monoisotopic (exact) mass is 408 g/mol. The first-order valence-electron chi connectivity index (χ1n) is 9.06. The van der Waals surface area contributed by atoms with Gasteiger partial charge in [0.15, 0.2) is 11.3 Å². The number of likely N-dealkylation sites (N-methyl/N-ethyl adjacent to an activating group) is 1. The molecule has 1 fully saturated rings. The summed E-state index contributed by atoms with van der Waals surface area (Å²) in [5, 5.41) is 15.1. The van der Waals surface area contributed by atoms with Crippen LogP contribution < -0.4 is 0 Å². The lowest BCUT2D eigenvalue weighted by Crippen LogP contribution is -2.37. The van der Waals surface area contributed by atoms with Crippen molar-refractivity contribution in [3.8, 4) is 17.5 Å². The molecule has 1 aromatic carbocycles. The Morgan fingerprint density at radius 3 is 2.87 bits per heavy atom. The third-order valence-corrected chi connectivity index (χ3v) is 4.87. The second kappa shape index (κ2) is 7.24. The van der Waals surface area contributed by atoms with Crippen LogP contribution in [0, 0.1) is 17.7 Å². The number of carbonyl (C=O) groups excluding carboxylic acids is 2. The molecule has 9 heteroatoms. The normalized spacial score (nSPS) is 18.4. The molecular weight excluding hydrogens is 391 g/mol. The van der Waals surface area contributed by atoms with Crippen LogP contribution in [0.5, 0.6) is 0 Å². The van der Waals surface area contributed by atoms with E-state index in [1.807, 2.05) is 0 Å². The molecule has 8 nitrogen and oxygen atoms in total. The van der Waals surface area contributed by atoms with Gasteiger partial charge < -0.3 is 14.7 Å². The fourth-order valence-electron chi connectivity index (χ4n) is 3.29. The van der Waals surface area contributed by atoms with E-state index >= 15 is 0 Å². The Labute approximate surface area is 170 Å². The molecule has 1 atom stereocenters. The third-order valence-electron chi connectivity index (χ3n) is 4.87. The van der Waals surface area contributed by atoms with Crippen molar-refractivity contribution in [2.45, 2.75) is 12.0 Å². The van der Waals surface area contributed by atoms with Crippen molar-refractivity contribution < 1.29 is 23.8 Å². The van der Waals surface area contributed by atoms with E-state index in [9.17, 15) is 19.1 Å². The molecule has 152 valence electrons. The number of esters is 1. The maximum absolute atomic E-state index is 14.3. The number of amides is 1. The molecule has 0 radical (unpaired) electrons. The SMILES string of the molecule is COC(=O)c1nn(-c2cc(F)cc(C#C[C@]3(O)CCN(C)C3=O)c2)c2ncccc12. The molecule has 1 N–H and O–H groups in total. The number of hydrogen-bond donors (Lipinski definition) is 1. The maximum atomic E-state index is 14.3. The number of aromatic nitrogens is 3. The summed E-state index contributed by atoms with van der Waals surface area (Å²) in [6.07, 6.45) is 1.70. The van der Waals surface area contributed by atoms with Gasteiger partial charge in [0, 0.05) is 31.8 Å². The highest BCUT2D eigenvalue weighted by molar-refractivity contribution is 6.01. The topological polar surface area (TPSA) is 97.5 Å². The molecule has 2 aromatic heterocycles. The first-order valence-corrected chi connectivity index (χ1v) is 9.06. The van der Waals surface area contributed by atoms with Crippen LogP contribution >= 0.6 is 0 Å². The van der Waals surface area contributed by atoms with Gasteiger partial charge in [0.1, 0.15) is 5.82 Å². The first kappa shape index (κ1) is 19.5. The van der Waals surface area contributed by atoms with Gasteiger partial charge in [-0.1, -0.05) is 11.8 Å². The van der Waals surface area contributed by atoms with Crippen molar-refractivity contribution in [1.29, 1.82) is 0 Å². The fourth-order valence-corrected chi connectivity index (χ4v) is 3.29. The molecule has 0 aliphatic carbocycles. The molecule has 3 heterocycles. The standard InChI is InChI=1S/C21H17FN4O4/c1-25-9-7-21(29,20(25)28)6-5-13-10-14(22)12-15(11-13)26-18-16(4-3-8-23-18)17(24-26)19(27)30-2/h3-4,8,10-12,29H,7,9H2,1-2H3/t21-/m0/s1. The molecule has 0 bridgehead atoms. The second-order valence-electron chi connectivity index (χ2n) is 6.91. The maximum Gasteiger partial charge on any atom is 0.359 e. The van der Waals surface area contributed by atoms with Crippen molar-refractivity contribution >= 4 is 22.9 Å². The van der Waals surface area contributed by atoms with Crippen LogP contribution in [0.2, 0.25) is 0 Å². The van der Waals surface area contributed by atoms with E-state index in [1.165, 1.54) is 41.1 Å². The number of carbonyl (C=O) groups is 2. The largest absolute Gasteiger partial charge is 0.464 e. The average Bonchev–Trinajstić information content (AvgIpc) is 3.25. The summed E-state index contributed by atoms with van der Waals surface area (Å²) in [6.45, 7) is 0.389. The molecule has 1 aliphatic rings. The van der Waals surface area contributed by atoms with Gasteiger partial charge in [-0.15, -0.1) is 0 Å². The molecule has 1 saturated heterocycles. The second-order valence-corrected chi connectivity index (χ2v) is 6.91. The van der Waals surface area contributed by atoms with Crippen LogP contribution in [0.25, 0.3) is 16.7 Å². The quantitative estimate of drug-likeness (QED) is 0.507. The van der Waals surface area contributed by atoms with Crippen LogP contribution in [0.4, 0.5) is 4.39 Å². The van der Waals surface area contributed by atoms with Gasteiger partial charge in [-0.05, 0) is 30.3 Å². The van der Waals surface area contributed by atoms with E-state index < -0.39 is 23.3 Å². The number of nitrogens with zero attached hydrogens (tertiary/aromatic N) is 4. The minimum Gasteiger partial charge on any atom is -0.464 e. The molecule has 1 aliphatic heterocycles. The van der Waals surface area contributed by atoms with Gasteiger partial charge in [0.25, 0.3) is 5.91 Å². The number of hydrogen-bond acceptors (Lipinski definition) is 6. The number of likely N-dealkylation sites (tertiary alicyclic amines) is 1. The Balaban J connectivity index is 1.80. The zero-order valence-corrected chi connectivity index (χ0v) is 16.2. The summed E-state index contributed by atoms with van der Waals surface area (Å²) >= 11 is 0. The molecular formula is C21H17FN4O4. The van der Waals surface area contributed by atoms with Crippen LogP contribution in [-0.2, 0) is 9.53 Å². The van der Waals surface area contributed by atoms with Crippen LogP contribution in [0.3, 0.4) is 0 Å². The lowest BCUT2D eigenvalue weighted by Gasteiger charge is -2.13. The minimum absolute atomic E-state index is 0.0476. The summed E-state index contributed by atoms with van der Waals surface area (Å²) in [5.74, 6) is 3.50. The Morgan fingerprint density at radius 1 is 1.37 bits per heavy atom. The number of halogens is 1. The van der Waals surface area contributed by atoms with E-state index in [-0.39, 0.29) is 23.4 Å². The molecule has 0 spiro atoms. The number of pyridine rings is 1. The van der Waals surface area contributed by atoms with Crippen molar-refractivity contribution in [1.82, 2.24) is 19.7 Å². The fraction of sp³-hybridized carbons (Fsp3) is 0.238. The van der Waals surface area contributed by atoms with Crippen LogP contribution in [0.15, 0.2) is 36.5 Å². The van der Waals surface area contributed by atoms with Gasteiger partial charge in [0.2, 0.25) is 5.60 Å². The Bertz CT molecular complexity index is 1240. The summed E-state index contributed by atoms with van der Waals surface area (Å²) in [6, 6.07) is 7.25. The summed E-state index contributed by atoms with van der Waals surface area (Å²) in [7, 11) is 2.82. The number of benzene rings is 1. The van der Waals surface area contributed by atoms with E-state index in [1.54, 1.807) is 19.2 Å². The smallest absolute Gasteiger partial charge is 0.359 e. The summed E-state index contributed by atoms with van der Waals surface area (Å²) in [4.78, 5) is 29.8. The molecule has 4 rings (SSSR count). The molecule has 0 saturated carbocycles. The minimum atomic E-state index is -1.79. The lowest BCUT2D eigenvalue weighted by molar-refractivity contribution is -0.137. The Morgan fingerprint density at radius 2 is 2.17 bits per heavy atom. The predicted octanol–water partition coefficient (Wildman–Crippen LogP) is 1.29. The van der Waals surface area contributed by atoms with Crippen molar-refractivity contribution in [3.63, 3.8) is 0 Å². The van der Waals surface area contributed by atoms with Gasteiger partial charge in [0.05, 0.1) is 18.2 Å². The van der Waals surface area contributed by atoms with Crippen molar-refractivity contribution in [2.75, 3.05) is 20.7 Å². The Kier molecular flexibility index (Phi) is 4.72. The third kappa shape index (κ3) is 3.27. The van der Waals surface area contributed by atoms with E-state index in [4.69, 9.17) is 4.74 Å². The highest BCUT2D eigenvalue weighted by Crippen LogP contribution is 2.23. The predicted molar refractivity (Wildman–Crippen MR) is 104 cm³/mol. The molecule has 3 aromatic rings. The van der Waals surface area contributed by atoms with Gasteiger partial charge in [-0.2, -0.15) is 5.10 Å². The average molecular weight is 408 g/mol. The van der Waals surface area contributed by atoms with Crippen LogP contribution in [0.1, 0.15) is 22.5 Å². The van der Waals surface area contributed by atoms with Crippen LogP contribution in [-0.4, -0.2) is 63.0 Å². The number of aliphatic hydroxyl groups is 1. The number of rotatable bonds is 2. The number of methoxy groups -OCH3 is 1. The zero-order chi connectivity index (χ0) is 21.5. The summed E-state index contributed by atoms with van der Waals surface area (Å²) in [5.41, 5.74) is -0.890. The molecule has 0 unspecified atom stereocenters.